The van der Waals surface area contributed by atoms with Gasteiger partial charge in [-0.15, -0.1) is 0 Å². The van der Waals surface area contributed by atoms with Gasteiger partial charge in [0.2, 0.25) is 5.91 Å². The van der Waals surface area contributed by atoms with Gasteiger partial charge in [0.05, 0.1) is 5.41 Å². The first-order valence-corrected chi connectivity index (χ1v) is 6.32. The molecule has 0 radical (unpaired) electrons. The average molecular weight is 272 g/mol. The van der Waals surface area contributed by atoms with E-state index < -0.39 is 11.2 Å². The molecule has 0 unspecified atom stereocenters. The van der Waals surface area contributed by atoms with Gasteiger partial charge in [-0.25, -0.2) is 4.39 Å². The first kappa shape index (κ1) is 13.3. The van der Waals surface area contributed by atoms with Crippen molar-refractivity contribution in [1.82, 2.24) is 5.32 Å². The van der Waals surface area contributed by atoms with Crippen molar-refractivity contribution in [3.63, 3.8) is 0 Å². The molecular formula is C13H15ClFNO2. The maximum Gasteiger partial charge on any atom is 0.230 e. The maximum atomic E-state index is 13.8. The minimum Gasteiger partial charge on any atom is -0.396 e. The van der Waals surface area contributed by atoms with Crippen molar-refractivity contribution in [1.29, 1.82) is 0 Å². The van der Waals surface area contributed by atoms with Gasteiger partial charge in [-0.2, -0.15) is 0 Å². The van der Waals surface area contributed by atoms with Crippen LogP contribution in [-0.4, -0.2) is 24.2 Å². The summed E-state index contributed by atoms with van der Waals surface area (Å²) in [5.74, 6) is -0.602. The Bertz CT molecular complexity index is 460. The number of rotatable bonds is 5. The molecule has 0 atom stereocenters. The van der Waals surface area contributed by atoms with Gasteiger partial charge in [0.25, 0.3) is 0 Å². The number of hydrogen-bond donors (Lipinski definition) is 2. The van der Waals surface area contributed by atoms with Gasteiger partial charge in [0.1, 0.15) is 5.82 Å². The summed E-state index contributed by atoms with van der Waals surface area (Å²) in [6.07, 6.45) is 1.80. The number of aliphatic hydroxyl groups is 1. The number of hydrogen-bond acceptors (Lipinski definition) is 2. The number of carbonyl (C=O) groups is 1. The molecule has 3 nitrogen and oxygen atoms in total. The first-order valence-electron chi connectivity index (χ1n) is 5.95. The van der Waals surface area contributed by atoms with Crippen LogP contribution in [0.2, 0.25) is 5.02 Å². The zero-order valence-electron chi connectivity index (χ0n) is 9.88. The maximum absolute atomic E-state index is 13.8. The molecule has 1 fully saturated rings. The van der Waals surface area contributed by atoms with Crippen LogP contribution in [0.3, 0.4) is 0 Å². The first-order chi connectivity index (χ1) is 8.60. The van der Waals surface area contributed by atoms with E-state index in [-0.39, 0.29) is 12.5 Å². The second-order valence-corrected chi connectivity index (χ2v) is 4.98. The predicted octanol–water partition coefficient (Wildman–Crippen LogP) is 2.01. The normalized spacial score (nSPS) is 16.4. The molecule has 2 rings (SSSR count). The van der Waals surface area contributed by atoms with Crippen LogP contribution in [0, 0.1) is 5.82 Å². The number of halogens is 2. The summed E-state index contributed by atoms with van der Waals surface area (Å²) < 4.78 is 13.8. The van der Waals surface area contributed by atoms with E-state index in [0.717, 1.165) is 0 Å². The minimum absolute atomic E-state index is 0.0303. The summed E-state index contributed by atoms with van der Waals surface area (Å²) in [6.45, 7) is 0.439. The molecule has 0 bridgehead atoms. The van der Waals surface area contributed by atoms with E-state index in [0.29, 0.717) is 36.4 Å². The van der Waals surface area contributed by atoms with Crippen LogP contribution < -0.4 is 5.32 Å². The van der Waals surface area contributed by atoms with E-state index >= 15 is 0 Å². The molecule has 0 heterocycles. The van der Waals surface area contributed by atoms with Crippen LogP contribution in [0.25, 0.3) is 0 Å². The lowest BCUT2D eigenvalue weighted by atomic mass is 9.94. The van der Waals surface area contributed by atoms with Crippen LogP contribution in [0.15, 0.2) is 18.2 Å². The highest BCUT2D eigenvalue weighted by Crippen LogP contribution is 2.49. The lowest BCUT2D eigenvalue weighted by Gasteiger charge is -2.16. The van der Waals surface area contributed by atoms with E-state index in [1.807, 2.05) is 0 Å². The molecule has 1 aliphatic carbocycles. The Morgan fingerprint density at radius 1 is 1.50 bits per heavy atom. The Labute approximate surface area is 110 Å². The van der Waals surface area contributed by atoms with Crippen molar-refractivity contribution in [3.8, 4) is 0 Å². The molecular weight excluding hydrogens is 257 g/mol. The summed E-state index contributed by atoms with van der Waals surface area (Å²) >= 11 is 5.70. The van der Waals surface area contributed by atoms with Gasteiger partial charge in [0, 0.05) is 23.7 Å². The monoisotopic (exact) mass is 271 g/mol. The Morgan fingerprint density at radius 3 is 2.78 bits per heavy atom. The Kier molecular flexibility index (Phi) is 3.88. The smallest absolute Gasteiger partial charge is 0.230 e. The molecule has 18 heavy (non-hydrogen) atoms. The summed E-state index contributed by atoms with van der Waals surface area (Å²) in [4.78, 5) is 12.0. The van der Waals surface area contributed by atoms with Gasteiger partial charge in [-0.1, -0.05) is 17.7 Å². The molecule has 0 aromatic heterocycles. The topological polar surface area (TPSA) is 49.3 Å². The van der Waals surface area contributed by atoms with Gasteiger partial charge < -0.3 is 10.4 Å². The second-order valence-electron chi connectivity index (χ2n) is 4.54. The lowest BCUT2D eigenvalue weighted by Crippen LogP contribution is -2.36. The number of amides is 1. The fourth-order valence-electron chi connectivity index (χ4n) is 2.07. The van der Waals surface area contributed by atoms with Gasteiger partial charge >= 0.3 is 0 Å². The van der Waals surface area contributed by atoms with E-state index in [9.17, 15) is 9.18 Å². The van der Waals surface area contributed by atoms with Crippen molar-refractivity contribution in [2.45, 2.75) is 24.7 Å². The van der Waals surface area contributed by atoms with Crippen LogP contribution in [0.1, 0.15) is 24.8 Å². The molecule has 1 aromatic carbocycles. The van der Waals surface area contributed by atoms with Gasteiger partial charge in [-0.05, 0) is 31.4 Å². The second kappa shape index (κ2) is 5.24. The van der Waals surface area contributed by atoms with Crippen molar-refractivity contribution in [2.75, 3.05) is 13.2 Å². The summed E-state index contributed by atoms with van der Waals surface area (Å²) in [6, 6.07) is 4.41. The summed E-state index contributed by atoms with van der Waals surface area (Å²) in [5.41, 5.74) is -0.321. The van der Waals surface area contributed by atoms with Crippen LogP contribution in [-0.2, 0) is 10.2 Å². The molecule has 2 N–H and O–H groups in total. The molecule has 0 spiro atoms. The van der Waals surface area contributed by atoms with Crippen LogP contribution in [0.5, 0.6) is 0 Å². The fourth-order valence-corrected chi connectivity index (χ4v) is 2.23. The van der Waals surface area contributed by atoms with E-state index in [1.165, 1.54) is 6.07 Å². The molecule has 1 amide bonds. The van der Waals surface area contributed by atoms with Gasteiger partial charge in [-0.3, -0.25) is 4.79 Å². The third-order valence-corrected chi connectivity index (χ3v) is 3.49. The zero-order chi connectivity index (χ0) is 13.2. The molecule has 0 aliphatic heterocycles. The number of benzene rings is 1. The minimum atomic E-state index is -0.732. The quantitative estimate of drug-likeness (QED) is 0.805. The molecule has 1 aromatic rings. The molecule has 5 heteroatoms. The highest BCUT2D eigenvalue weighted by molar-refractivity contribution is 6.30. The van der Waals surface area contributed by atoms with E-state index in [2.05, 4.69) is 5.32 Å². The predicted molar refractivity (Wildman–Crippen MR) is 67.0 cm³/mol. The Hall–Kier alpha value is -1.13. The standard InChI is InChI=1S/C13H15ClFNO2/c14-9-2-3-10(11(15)8-9)13(4-5-13)12(18)16-6-1-7-17/h2-3,8,17H,1,4-7H2,(H,16,18). The van der Waals surface area contributed by atoms with Crippen molar-refractivity contribution in [3.05, 3.63) is 34.6 Å². The third-order valence-electron chi connectivity index (χ3n) is 3.25. The largest absolute Gasteiger partial charge is 0.396 e. The van der Waals surface area contributed by atoms with Crippen molar-refractivity contribution in [2.24, 2.45) is 0 Å². The number of carbonyl (C=O) groups excluding carboxylic acids is 1. The SMILES string of the molecule is O=C(NCCCO)C1(c2ccc(Cl)cc2F)CC1. The summed E-state index contributed by atoms with van der Waals surface area (Å²) in [5, 5.41) is 11.7. The Balaban J connectivity index is 2.13. The molecule has 0 saturated heterocycles. The van der Waals surface area contributed by atoms with Crippen LogP contribution in [0.4, 0.5) is 4.39 Å². The fraction of sp³-hybridized carbons (Fsp3) is 0.462. The number of aliphatic hydroxyl groups excluding tert-OH is 1. The zero-order valence-corrected chi connectivity index (χ0v) is 10.6. The Morgan fingerprint density at radius 2 is 2.22 bits per heavy atom. The third kappa shape index (κ3) is 2.49. The summed E-state index contributed by atoms with van der Waals surface area (Å²) in [7, 11) is 0. The van der Waals surface area contributed by atoms with Gasteiger partial charge in [0.15, 0.2) is 0 Å². The molecule has 1 saturated carbocycles. The van der Waals surface area contributed by atoms with Crippen LogP contribution >= 0.6 is 11.6 Å². The highest BCUT2D eigenvalue weighted by atomic mass is 35.5. The lowest BCUT2D eigenvalue weighted by molar-refractivity contribution is -0.123. The van der Waals surface area contributed by atoms with Crippen molar-refractivity contribution < 1.29 is 14.3 Å². The van der Waals surface area contributed by atoms with Crippen molar-refractivity contribution >= 4 is 17.5 Å². The highest BCUT2D eigenvalue weighted by Gasteiger charge is 2.52. The van der Waals surface area contributed by atoms with E-state index in [1.54, 1.807) is 12.1 Å². The average Bonchev–Trinajstić information content (AvgIpc) is 3.10. The number of nitrogens with one attached hydrogen (secondary N) is 1. The molecule has 1 aliphatic rings. The van der Waals surface area contributed by atoms with E-state index in [4.69, 9.17) is 16.7 Å². The molecule has 98 valence electrons.